The van der Waals surface area contributed by atoms with Crippen LogP contribution in [0.4, 0.5) is 13.2 Å². The van der Waals surface area contributed by atoms with Gasteiger partial charge in [-0.3, -0.25) is 9.59 Å². The number of halogens is 3. The normalized spacial score (nSPS) is 9.94. The number of alkyl halides is 3. The summed E-state index contributed by atoms with van der Waals surface area (Å²) in [6.07, 6.45) is -4.55. The minimum atomic E-state index is -4.55. The first-order chi connectivity index (χ1) is 7.32. The lowest BCUT2D eigenvalue weighted by Gasteiger charge is -2.05. The first kappa shape index (κ1) is 13.9. The summed E-state index contributed by atoms with van der Waals surface area (Å²) in [5, 5.41) is 6.89. The zero-order valence-corrected chi connectivity index (χ0v) is 7.73. The average molecular weight is 236 g/mol. The molecule has 0 aliphatic carbocycles. The number of carbonyl (C=O) groups is 2. The molecule has 1 amide bonds. The number of carboxylic acid groups (broad SMARTS) is 1. The van der Waals surface area contributed by atoms with E-state index in [1.54, 1.807) is 0 Å². The summed E-state index contributed by atoms with van der Waals surface area (Å²) in [4.78, 5) is 21.9. The van der Waals surface area contributed by atoms with E-state index in [0.717, 1.165) is 18.2 Å². The molecule has 0 atom stereocenters. The molecule has 3 N–H and O–H groups in total. The molecule has 1 aromatic rings. The van der Waals surface area contributed by atoms with Crippen LogP contribution in [0.25, 0.3) is 0 Å². The highest BCUT2D eigenvalue weighted by Gasteiger charge is 2.32. The van der Waals surface area contributed by atoms with Gasteiger partial charge in [-0.1, -0.05) is 6.07 Å². The fraction of sp³-hybridized carbons (Fsp3) is 0.125. The van der Waals surface area contributed by atoms with E-state index in [4.69, 9.17) is 15.6 Å². The lowest BCUT2D eigenvalue weighted by molar-refractivity contribution is -0.141. The van der Waals surface area contributed by atoms with E-state index in [9.17, 15) is 18.0 Å². The summed E-state index contributed by atoms with van der Waals surface area (Å²) in [6.45, 7) is -0.250. The maximum absolute atomic E-state index is 12.0. The molecule has 0 aliphatic rings. The van der Waals surface area contributed by atoms with Crippen LogP contribution < -0.4 is 5.73 Å². The second-order valence-electron chi connectivity index (χ2n) is 2.38. The molecule has 1 aromatic heterocycles. The van der Waals surface area contributed by atoms with Gasteiger partial charge in [-0.05, 0) is 12.1 Å². The molecule has 1 heterocycles. The molecule has 16 heavy (non-hydrogen) atoms. The molecule has 0 aromatic carbocycles. The van der Waals surface area contributed by atoms with E-state index in [1.165, 1.54) is 0 Å². The van der Waals surface area contributed by atoms with Crippen molar-refractivity contribution in [1.82, 2.24) is 4.98 Å². The van der Waals surface area contributed by atoms with Gasteiger partial charge in [-0.15, -0.1) is 0 Å². The summed E-state index contributed by atoms with van der Waals surface area (Å²) >= 11 is 0. The Bertz CT molecular complexity index is 379. The maximum atomic E-state index is 12.0. The van der Waals surface area contributed by atoms with Crippen LogP contribution in [-0.2, 0) is 11.0 Å². The predicted octanol–water partition coefficient (Wildman–Crippen LogP) is 0.900. The van der Waals surface area contributed by atoms with Crippen LogP contribution in [0.15, 0.2) is 18.2 Å². The van der Waals surface area contributed by atoms with E-state index < -0.39 is 23.5 Å². The summed E-state index contributed by atoms with van der Waals surface area (Å²) in [7, 11) is 0. The van der Waals surface area contributed by atoms with Crippen LogP contribution >= 0.6 is 0 Å². The van der Waals surface area contributed by atoms with Crippen LogP contribution in [0.2, 0.25) is 0 Å². The molecule has 0 aliphatic heterocycles. The zero-order valence-electron chi connectivity index (χ0n) is 7.73. The van der Waals surface area contributed by atoms with Crippen molar-refractivity contribution in [1.29, 1.82) is 0 Å². The molecule has 0 fully saturated rings. The molecule has 0 radical (unpaired) electrons. The van der Waals surface area contributed by atoms with Gasteiger partial charge in [0.1, 0.15) is 11.4 Å². The Labute approximate surface area is 87.7 Å². The molecule has 1 rings (SSSR count). The molecular formula is C8H7F3N2O3. The molecule has 0 bridgehead atoms. The number of rotatable bonds is 1. The third-order valence-electron chi connectivity index (χ3n) is 1.29. The Morgan fingerprint density at radius 3 is 2.31 bits per heavy atom. The van der Waals surface area contributed by atoms with E-state index in [1.807, 2.05) is 0 Å². The van der Waals surface area contributed by atoms with Gasteiger partial charge in [0.05, 0.1) is 0 Å². The summed E-state index contributed by atoms with van der Waals surface area (Å²) < 4.78 is 36.1. The first-order valence-electron chi connectivity index (χ1n) is 3.74. The molecule has 8 heteroatoms. The van der Waals surface area contributed by atoms with E-state index in [2.05, 4.69) is 4.98 Å². The SMILES string of the molecule is NC(=O)c1cccc(C(F)(F)F)n1.O=CO. The van der Waals surface area contributed by atoms with Gasteiger partial charge in [0, 0.05) is 0 Å². The van der Waals surface area contributed by atoms with Crippen molar-refractivity contribution in [2.75, 3.05) is 0 Å². The summed E-state index contributed by atoms with van der Waals surface area (Å²) in [5.41, 5.74) is 3.24. The van der Waals surface area contributed by atoms with Crippen molar-refractivity contribution >= 4 is 12.4 Å². The third-order valence-corrected chi connectivity index (χ3v) is 1.29. The van der Waals surface area contributed by atoms with Crippen LogP contribution in [0.3, 0.4) is 0 Å². The second-order valence-corrected chi connectivity index (χ2v) is 2.38. The fourth-order valence-corrected chi connectivity index (χ4v) is 0.730. The largest absolute Gasteiger partial charge is 0.483 e. The predicted molar refractivity (Wildman–Crippen MR) is 46.4 cm³/mol. The minimum Gasteiger partial charge on any atom is -0.483 e. The summed E-state index contributed by atoms with van der Waals surface area (Å²) in [6, 6.07) is 2.97. The minimum absolute atomic E-state index is 0.250. The maximum Gasteiger partial charge on any atom is 0.433 e. The topological polar surface area (TPSA) is 93.3 Å². The number of nitrogens with zero attached hydrogens (tertiary/aromatic N) is 1. The van der Waals surface area contributed by atoms with E-state index >= 15 is 0 Å². The Morgan fingerprint density at radius 2 is 1.94 bits per heavy atom. The number of amides is 1. The van der Waals surface area contributed by atoms with Gasteiger partial charge in [-0.25, -0.2) is 4.98 Å². The monoisotopic (exact) mass is 236 g/mol. The van der Waals surface area contributed by atoms with Crippen LogP contribution in [0.1, 0.15) is 16.2 Å². The van der Waals surface area contributed by atoms with Crippen LogP contribution in [0, 0.1) is 0 Å². The number of hydrogen-bond acceptors (Lipinski definition) is 3. The molecule has 5 nitrogen and oxygen atoms in total. The molecule has 0 saturated heterocycles. The molecule has 0 unspecified atom stereocenters. The number of carbonyl (C=O) groups excluding carboxylic acids is 1. The van der Waals surface area contributed by atoms with E-state index in [0.29, 0.717) is 0 Å². The van der Waals surface area contributed by atoms with Gasteiger partial charge in [0.15, 0.2) is 0 Å². The van der Waals surface area contributed by atoms with E-state index in [-0.39, 0.29) is 6.47 Å². The van der Waals surface area contributed by atoms with Gasteiger partial charge in [-0.2, -0.15) is 13.2 Å². The van der Waals surface area contributed by atoms with Crippen molar-refractivity contribution < 1.29 is 27.9 Å². The van der Waals surface area contributed by atoms with Crippen molar-refractivity contribution in [2.45, 2.75) is 6.18 Å². The van der Waals surface area contributed by atoms with Crippen LogP contribution in [0.5, 0.6) is 0 Å². The third kappa shape index (κ3) is 4.40. The average Bonchev–Trinajstić information content (AvgIpc) is 2.18. The molecule has 0 spiro atoms. The fourth-order valence-electron chi connectivity index (χ4n) is 0.730. The highest BCUT2D eigenvalue weighted by atomic mass is 19.4. The summed E-state index contributed by atoms with van der Waals surface area (Å²) in [5.74, 6) is -0.980. The molecular weight excluding hydrogens is 229 g/mol. The number of pyridine rings is 1. The van der Waals surface area contributed by atoms with Crippen molar-refractivity contribution in [3.05, 3.63) is 29.6 Å². The Morgan fingerprint density at radius 1 is 1.44 bits per heavy atom. The first-order valence-corrected chi connectivity index (χ1v) is 3.74. The van der Waals surface area contributed by atoms with Crippen molar-refractivity contribution in [3.63, 3.8) is 0 Å². The number of primary amides is 1. The lowest BCUT2D eigenvalue weighted by atomic mass is 10.3. The second kappa shape index (κ2) is 5.69. The Balaban J connectivity index is 0.000000673. The Kier molecular flexibility index (Phi) is 4.93. The lowest BCUT2D eigenvalue weighted by Crippen LogP contribution is -2.16. The molecule has 0 saturated carbocycles. The Hall–Kier alpha value is -2.12. The van der Waals surface area contributed by atoms with Crippen LogP contribution in [-0.4, -0.2) is 22.5 Å². The standard InChI is InChI=1S/C7H5F3N2O.CH2O2/c8-7(9,10)5-3-1-2-4(12-5)6(11)13;2-1-3/h1-3H,(H2,11,13);1H,(H,2,3). The van der Waals surface area contributed by atoms with Gasteiger partial charge >= 0.3 is 6.18 Å². The van der Waals surface area contributed by atoms with Crippen molar-refractivity contribution in [3.8, 4) is 0 Å². The number of hydrogen-bond donors (Lipinski definition) is 2. The van der Waals surface area contributed by atoms with Crippen molar-refractivity contribution in [2.24, 2.45) is 5.73 Å². The van der Waals surface area contributed by atoms with Gasteiger partial charge in [0.2, 0.25) is 0 Å². The smallest absolute Gasteiger partial charge is 0.433 e. The molecule has 88 valence electrons. The highest BCUT2D eigenvalue weighted by molar-refractivity contribution is 5.90. The van der Waals surface area contributed by atoms with Gasteiger partial charge < -0.3 is 10.8 Å². The number of aromatic nitrogens is 1. The zero-order chi connectivity index (χ0) is 12.8. The van der Waals surface area contributed by atoms with Gasteiger partial charge in [0.25, 0.3) is 12.4 Å². The number of nitrogens with two attached hydrogens (primary N) is 1. The quantitative estimate of drug-likeness (QED) is 0.708. The highest BCUT2D eigenvalue weighted by Crippen LogP contribution is 2.27.